The van der Waals surface area contributed by atoms with Gasteiger partial charge in [0.25, 0.3) is 0 Å². The lowest BCUT2D eigenvalue weighted by atomic mass is 10.1. The van der Waals surface area contributed by atoms with Crippen molar-refractivity contribution in [3.05, 3.63) is 28.2 Å². The number of ether oxygens (including phenoxy) is 1. The van der Waals surface area contributed by atoms with Crippen molar-refractivity contribution in [2.45, 2.75) is 31.4 Å². The van der Waals surface area contributed by atoms with Crippen LogP contribution in [0.3, 0.4) is 0 Å². The molecular weight excluding hydrogens is 260 g/mol. The van der Waals surface area contributed by atoms with E-state index in [1.807, 2.05) is 4.68 Å². The van der Waals surface area contributed by atoms with Crippen LogP contribution in [0.25, 0.3) is 0 Å². The molecular formula is C13H16N4OS. The highest BCUT2D eigenvalue weighted by molar-refractivity contribution is 7.10. The zero-order valence-electron chi connectivity index (χ0n) is 10.6. The van der Waals surface area contributed by atoms with Gasteiger partial charge in [-0.15, -0.1) is 11.3 Å². The van der Waals surface area contributed by atoms with E-state index in [1.165, 1.54) is 4.88 Å². The molecule has 0 aromatic carbocycles. The number of aromatic nitrogens is 3. The van der Waals surface area contributed by atoms with Crippen LogP contribution in [0.1, 0.15) is 42.1 Å². The van der Waals surface area contributed by atoms with Crippen LogP contribution < -0.4 is 5.32 Å². The third-order valence-electron chi connectivity index (χ3n) is 3.73. The van der Waals surface area contributed by atoms with Crippen LogP contribution in [0, 0.1) is 0 Å². The first kappa shape index (κ1) is 11.4. The molecule has 4 rings (SSSR count). The molecule has 0 radical (unpaired) electrons. The summed E-state index contributed by atoms with van der Waals surface area (Å²) in [4.78, 5) is 5.97. The van der Waals surface area contributed by atoms with Gasteiger partial charge in [0.15, 0.2) is 5.82 Å². The van der Waals surface area contributed by atoms with Gasteiger partial charge in [0, 0.05) is 18.0 Å². The Morgan fingerprint density at radius 1 is 1.42 bits per heavy atom. The number of rotatable bonds is 2. The molecule has 2 atom stereocenters. The zero-order valence-corrected chi connectivity index (χ0v) is 11.4. The average Bonchev–Trinajstić information content (AvgIpc) is 3.18. The van der Waals surface area contributed by atoms with Gasteiger partial charge in [0.1, 0.15) is 6.10 Å². The Morgan fingerprint density at radius 2 is 2.42 bits per heavy atom. The minimum Gasteiger partial charge on any atom is -0.370 e. The van der Waals surface area contributed by atoms with E-state index in [4.69, 9.17) is 9.84 Å². The van der Waals surface area contributed by atoms with Crippen LogP contribution in [0.15, 0.2) is 17.5 Å². The van der Waals surface area contributed by atoms with Gasteiger partial charge in [0.05, 0.1) is 6.04 Å². The molecule has 1 N–H and O–H groups in total. The van der Waals surface area contributed by atoms with E-state index in [0.717, 1.165) is 44.2 Å². The molecule has 19 heavy (non-hydrogen) atoms. The monoisotopic (exact) mass is 276 g/mol. The summed E-state index contributed by atoms with van der Waals surface area (Å²) in [6, 6.07) is 4.59. The summed E-state index contributed by atoms with van der Waals surface area (Å²) in [5.74, 6) is 1.72. The molecule has 0 amide bonds. The van der Waals surface area contributed by atoms with Crippen molar-refractivity contribution in [2.24, 2.45) is 0 Å². The third kappa shape index (κ3) is 1.95. The molecule has 0 saturated carbocycles. The predicted molar refractivity (Wildman–Crippen MR) is 73.5 cm³/mol. The van der Waals surface area contributed by atoms with Crippen LogP contribution >= 0.6 is 11.3 Å². The zero-order chi connectivity index (χ0) is 12.7. The minimum absolute atomic E-state index is 0.0869. The minimum atomic E-state index is 0.0869. The Kier molecular flexibility index (Phi) is 2.77. The Balaban J connectivity index is 1.70. The highest BCUT2D eigenvalue weighted by Crippen LogP contribution is 2.33. The quantitative estimate of drug-likeness (QED) is 0.916. The van der Waals surface area contributed by atoms with Gasteiger partial charge in [-0.3, -0.25) is 0 Å². The van der Waals surface area contributed by atoms with Crippen molar-refractivity contribution in [3.63, 3.8) is 0 Å². The molecule has 0 aliphatic carbocycles. The van der Waals surface area contributed by atoms with Gasteiger partial charge in [-0.25, -0.2) is 4.68 Å². The standard InChI is InChI=1S/C13H16N4OS/c1-3-10(18-7-1)12-15-13-14-6-5-9(17(13)16-12)11-4-2-8-19-11/h2,4,8-10H,1,3,5-7H2,(H,14,15,16). The number of hydrogen-bond donors (Lipinski definition) is 1. The lowest BCUT2D eigenvalue weighted by Crippen LogP contribution is -2.24. The summed E-state index contributed by atoms with van der Waals surface area (Å²) >= 11 is 1.79. The van der Waals surface area contributed by atoms with Crippen molar-refractivity contribution in [3.8, 4) is 0 Å². The Morgan fingerprint density at radius 3 is 3.21 bits per heavy atom. The topological polar surface area (TPSA) is 52.0 Å². The number of anilines is 1. The summed E-state index contributed by atoms with van der Waals surface area (Å²) in [7, 11) is 0. The van der Waals surface area contributed by atoms with Gasteiger partial charge in [-0.1, -0.05) is 6.07 Å². The predicted octanol–water partition coefficient (Wildman–Crippen LogP) is 2.60. The maximum atomic E-state index is 5.68. The maximum Gasteiger partial charge on any atom is 0.222 e. The number of hydrogen-bond acceptors (Lipinski definition) is 5. The number of nitrogens with one attached hydrogen (secondary N) is 1. The van der Waals surface area contributed by atoms with E-state index in [9.17, 15) is 0 Å². The van der Waals surface area contributed by atoms with Crippen LogP contribution in [0.2, 0.25) is 0 Å². The molecule has 4 heterocycles. The molecule has 2 aromatic heterocycles. The first-order valence-corrected chi connectivity index (χ1v) is 7.65. The Bertz CT molecular complexity index is 559. The molecule has 1 saturated heterocycles. The maximum absolute atomic E-state index is 5.68. The van der Waals surface area contributed by atoms with E-state index in [2.05, 4.69) is 27.8 Å². The van der Waals surface area contributed by atoms with Gasteiger partial charge in [-0.2, -0.15) is 10.1 Å². The second kappa shape index (κ2) is 4.61. The van der Waals surface area contributed by atoms with Gasteiger partial charge < -0.3 is 10.1 Å². The van der Waals surface area contributed by atoms with Crippen molar-refractivity contribution >= 4 is 17.3 Å². The number of fused-ring (bicyclic) bond motifs is 1. The van der Waals surface area contributed by atoms with Crippen LogP contribution in [-0.2, 0) is 4.74 Å². The van der Waals surface area contributed by atoms with Crippen LogP contribution in [0.4, 0.5) is 5.95 Å². The van der Waals surface area contributed by atoms with E-state index in [-0.39, 0.29) is 6.10 Å². The van der Waals surface area contributed by atoms with E-state index in [1.54, 1.807) is 11.3 Å². The molecule has 2 aliphatic heterocycles. The highest BCUT2D eigenvalue weighted by Gasteiger charge is 2.29. The van der Waals surface area contributed by atoms with Crippen molar-refractivity contribution in [1.82, 2.24) is 14.8 Å². The lowest BCUT2D eigenvalue weighted by molar-refractivity contribution is 0.105. The van der Waals surface area contributed by atoms with Crippen LogP contribution in [0.5, 0.6) is 0 Å². The Hall–Kier alpha value is -1.40. The highest BCUT2D eigenvalue weighted by atomic mass is 32.1. The molecule has 100 valence electrons. The van der Waals surface area contributed by atoms with E-state index >= 15 is 0 Å². The summed E-state index contributed by atoms with van der Waals surface area (Å²) in [5, 5.41) is 10.2. The summed E-state index contributed by atoms with van der Waals surface area (Å²) in [5.41, 5.74) is 0. The second-order valence-electron chi connectivity index (χ2n) is 4.99. The Labute approximate surface area is 115 Å². The average molecular weight is 276 g/mol. The van der Waals surface area contributed by atoms with Crippen molar-refractivity contribution in [1.29, 1.82) is 0 Å². The van der Waals surface area contributed by atoms with E-state index in [0.29, 0.717) is 6.04 Å². The third-order valence-corrected chi connectivity index (χ3v) is 4.71. The van der Waals surface area contributed by atoms with Gasteiger partial charge in [0.2, 0.25) is 5.95 Å². The van der Waals surface area contributed by atoms with Crippen molar-refractivity contribution < 1.29 is 4.74 Å². The van der Waals surface area contributed by atoms with Gasteiger partial charge in [-0.05, 0) is 30.7 Å². The van der Waals surface area contributed by atoms with E-state index < -0.39 is 0 Å². The first-order valence-electron chi connectivity index (χ1n) is 6.77. The molecule has 1 fully saturated rings. The normalized spacial score (nSPS) is 26.1. The largest absolute Gasteiger partial charge is 0.370 e. The van der Waals surface area contributed by atoms with Crippen LogP contribution in [-0.4, -0.2) is 27.9 Å². The summed E-state index contributed by atoms with van der Waals surface area (Å²) in [6.45, 7) is 1.78. The SMILES string of the molecule is c1csc(C2CCNc3nc(C4CCCO4)nn32)c1. The van der Waals surface area contributed by atoms with Gasteiger partial charge >= 0.3 is 0 Å². The summed E-state index contributed by atoms with van der Waals surface area (Å²) < 4.78 is 7.71. The smallest absolute Gasteiger partial charge is 0.222 e. The number of nitrogens with zero attached hydrogens (tertiary/aromatic N) is 3. The fourth-order valence-corrected chi connectivity index (χ4v) is 3.63. The molecule has 2 unspecified atom stereocenters. The first-order chi connectivity index (χ1) is 9.42. The fraction of sp³-hybridized carbons (Fsp3) is 0.538. The molecule has 2 aromatic rings. The van der Waals surface area contributed by atoms with Crippen molar-refractivity contribution in [2.75, 3.05) is 18.5 Å². The summed E-state index contributed by atoms with van der Waals surface area (Å²) in [6.07, 6.45) is 3.29. The molecule has 0 spiro atoms. The molecule has 6 heteroatoms. The molecule has 0 bridgehead atoms. The number of thiophene rings is 1. The molecule has 2 aliphatic rings. The second-order valence-corrected chi connectivity index (χ2v) is 5.97. The lowest BCUT2D eigenvalue weighted by Gasteiger charge is -2.23. The molecule has 5 nitrogen and oxygen atoms in total. The fourth-order valence-electron chi connectivity index (χ4n) is 2.78.